The second-order valence-electron chi connectivity index (χ2n) is 8.15. The summed E-state index contributed by atoms with van der Waals surface area (Å²) >= 11 is 1.69. The number of benzene rings is 2. The van der Waals surface area contributed by atoms with Crippen LogP contribution in [0.3, 0.4) is 0 Å². The van der Waals surface area contributed by atoms with Gasteiger partial charge >= 0.3 is 24.0 Å². The molecule has 4 amide bonds. The number of primary amides is 2. The second kappa shape index (κ2) is 12.9. The minimum Gasteiger partial charge on any atom is -0.461 e. The summed E-state index contributed by atoms with van der Waals surface area (Å²) in [7, 11) is 0. The highest BCUT2D eigenvalue weighted by Gasteiger charge is 2.28. The van der Waals surface area contributed by atoms with E-state index in [2.05, 4.69) is 19.2 Å². The zero-order valence-corrected chi connectivity index (χ0v) is 23.5. The van der Waals surface area contributed by atoms with Gasteiger partial charge in [0.15, 0.2) is 10.0 Å². The minimum atomic E-state index is -0.814. The number of rotatable bonds is 10. The van der Waals surface area contributed by atoms with E-state index in [9.17, 15) is 19.2 Å². The smallest absolute Gasteiger partial charge is 0.362 e. The molecule has 0 aliphatic carbocycles. The Kier molecular flexibility index (Phi) is 9.15. The summed E-state index contributed by atoms with van der Waals surface area (Å²) in [5.74, 6) is -1.41. The van der Waals surface area contributed by atoms with Crippen LogP contribution in [0.15, 0.2) is 48.5 Å². The van der Waals surface area contributed by atoms with Crippen LogP contribution in [0.2, 0.25) is 0 Å². The summed E-state index contributed by atoms with van der Waals surface area (Å²) in [6.45, 7) is 3.59. The van der Waals surface area contributed by atoms with Crippen molar-refractivity contribution in [2.75, 3.05) is 23.0 Å². The number of ether oxygens (including phenoxy) is 2. The molecule has 2 heterocycles. The van der Waals surface area contributed by atoms with Gasteiger partial charge in [-0.3, -0.25) is 9.80 Å². The lowest BCUT2D eigenvalue weighted by molar-refractivity contribution is 0.0511. The van der Waals surface area contributed by atoms with E-state index >= 15 is 0 Å². The first-order chi connectivity index (χ1) is 19.7. The van der Waals surface area contributed by atoms with Crippen LogP contribution < -0.4 is 21.3 Å². The van der Waals surface area contributed by atoms with Gasteiger partial charge in [-0.2, -0.15) is 0 Å². The summed E-state index contributed by atoms with van der Waals surface area (Å²) in [4.78, 5) is 51.3. The van der Waals surface area contributed by atoms with Gasteiger partial charge < -0.3 is 20.9 Å². The van der Waals surface area contributed by atoms with Crippen molar-refractivity contribution in [3.63, 3.8) is 0 Å². The summed E-state index contributed by atoms with van der Waals surface area (Å²) < 4.78 is 17.5. The molecule has 0 spiro atoms. The highest BCUT2D eigenvalue weighted by molar-refractivity contribution is 7.11. The van der Waals surface area contributed by atoms with E-state index in [4.69, 9.17) is 20.9 Å². The Morgan fingerprint density at radius 1 is 0.683 bits per heavy atom. The van der Waals surface area contributed by atoms with Crippen molar-refractivity contribution in [1.29, 1.82) is 0 Å². The van der Waals surface area contributed by atoms with Gasteiger partial charge in [0, 0.05) is 23.1 Å². The predicted molar refractivity (Wildman–Crippen MR) is 151 cm³/mol. The average Bonchev–Trinajstić information content (AvgIpc) is 3.61. The van der Waals surface area contributed by atoms with Crippen molar-refractivity contribution in [1.82, 2.24) is 19.2 Å². The molecule has 0 saturated heterocycles. The average molecular weight is 597 g/mol. The molecule has 0 bridgehead atoms. The molecule has 0 atom stereocenters. The first-order valence-electron chi connectivity index (χ1n) is 12.1. The zero-order valence-electron chi connectivity index (χ0n) is 21.8. The third kappa shape index (κ3) is 6.44. The molecule has 4 rings (SSSR count). The van der Waals surface area contributed by atoms with Crippen molar-refractivity contribution < 1.29 is 28.7 Å². The van der Waals surface area contributed by atoms with Crippen molar-refractivity contribution in [2.45, 2.75) is 20.3 Å². The lowest BCUT2D eigenvalue weighted by Crippen LogP contribution is -2.32. The SMILES string of the molecule is CCOC(=O)c1nnsc1N(C(N)=O)c1ccc(Cc2ccc(N(C(N)=O)c3snnc3C(=O)OCC)cc2)cc1. The number of nitrogens with two attached hydrogens (primary N) is 2. The van der Waals surface area contributed by atoms with Crippen LogP contribution in [0, 0.1) is 0 Å². The molecular formula is C25H24N8O6S2. The molecule has 0 fully saturated rings. The van der Waals surface area contributed by atoms with Gasteiger partial charge in [-0.15, -0.1) is 10.2 Å². The van der Waals surface area contributed by atoms with Crippen LogP contribution in [-0.2, 0) is 15.9 Å². The van der Waals surface area contributed by atoms with Gasteiger partial charge in [0.1, 0.15) is 0 Å². The standard InChI is InChI=1S/C25H24N8O6S2/c1-3-38-22(34)18-20(40-30-28-18)32(24(26)36)16-9-5-14(6-10-16)13-15-7-11-17(12-8-15)33(25(27)37)21-19(29-31-41-21)23(35)39-4-2/h5-12H,3-4,13H2,1-2H3,(H2,26,36)(H2,27,37). The van der Waals surface area contributed by atoms with Gasteiger partial charge in [0.25, 0.3) is 0 Å². The molecule has 212 valence electrons. The fourth-order valence-electron chi connectivity index (χ4n) is 3.77. The van der Waals surface area contributed by atoms with E-state index in [-0.39, 0.29) is 34.6 Å². The van der Waals surface area contributed by atoms with Gasteiger partial charge in [0.2, 0.25) is 11.4 Å². The third-order valence-corrected chi connectivity index (χ3v) is 6.95. The molecule has 41 heavy (non-hydrogen) atoms. The van der Waals surface area contributed by atoms with Crippen molar-refractivity contribution in [2.24, 2.45) is 11.5 Å². The van der Waals surface area contributed by atoms with Crippen molar-refractivity contribution in [3.8, 4) is 0 Å². The van der Waals surface area contributed by atoms with Crippen LogP contribution in [0.4, 0.5) is 31.0 Å². The van der Waals surface area contributed by atoms with E-state index in [1.54, 1.807) is 38.1 Å². The highest BCUT2D eigenvalue weighted by Crippen LogP contribution is 2.33. The lowest BCUT2D eigenvalue weighted by Gasteiger charge is -2.19. The first kappa shape index (κ1) is 29.0. The molecule has 0 saturated carbocycles. The topological polar surface area (TPSA) is 197 Å². The normalized spacial score (nSPS) is 10.6. The Bertz CT molecular complexity index is 1440. The number of hydrogen-bond donors (Lipinski definition) is 2. The predicted octanol–water partition coefficient (Wildman–Crippen LogP) is 3.77. The van der Waals surface area contributed by atoms with Crippen LogP contribution in [0.1, 0.15) is 46.0 Å². The van der Waals surface area contributed by atoms with Crippen LogP contribution in [0.25, 0.3) is 0 Å². The van der Waals surface area contributed by atoms with Gasteiger partial charge in [-0.25, -0.2) is 19.2 Å². The first-order valence-corrected chi connectivity index (χ1v) is 13.7. The Hall–Kier alpha value is -4.96. The van der Waals surface area contributed by atoms with E-state index in [1.807, 2.05) is 24.3 Å². The van der Waals surface area contributed by atoms with Crippen LogP contribution in [0.5, 0.6) is 0 Å². The molecule has 2 aromatic carbocycles. The highest BCUT2D eigenvalue weighted by atomic mass is 32.1. The molecule has 0 aliphatic heterocycles. The Labute approximate surface area is 241 Å². The van der Waals surface area contributed by atoms with E-state index in [0.717, 1.165) is 44.0 Å². The van der Waals surface area contributed by atoms with Gasteiger partial charge in [-0.05, 0) is 55.7 Å². The zero-order chi connectivity index (χ0) is 29.5. The second-order valence-corrected chi connectivity index (χ2v) is 9.62. The lowest BCUT2D eigenvalue weighted by atomic mass is 10.0. The number of anilines is 4. The number of esters is 2. The molecule has 0 unspecified atom stereocenters. The molecule has 4 aromatic rings. The molecule has 4 N–H and O–H groups in total. The maximum atomic E-state index is 12.3. The maximum Gasteiger partial charge on any atom is 0.362 e. The molecule has 16 heteroatoms. The molecule has 2 aromatic heterocycles. The quantitative estimate of drug-likeness (QED) is 0.254. The molecule has 14 nitrogen and oxygen atoms in total. The van der Waals surface area contributed by atoms with Crippen LogP contribution in [-0.4, -0.2) is 56.4 Å². The minimum absolute atomic E-state index is 0.103. The summed E-state index contributed by atoms with van der Waals surface area (Å²) in [6, 6.07) is 12.3. The molecule has 0 radical (unpaired) electrons. The van der Waals surface area contributed by atoms with Gasteiger partial charge in [0.05, 0.1) is 24.6 Å². The fraction of sp³-hybridized carbons (Fsp3) is 0.200. The molecular weight excluding hydrogens is 572 g/mol. The Morgan fingerprint density at radius 2 is 1.05 bits per heavy atom. The Morgan fingerprint density at radius 3 is 1.37 bits per heavy atom. The number of nitrogens with zero attached hydrogens (tertiary/aromatic N) is 6. The number of urea groups is 2. The molecule has 0 aliphatic rings. The number of amides is 4. The monoisotopic (exact) mass is 596 g/mol. The number of aromatic nitrogens is 4. The largest absolute Gasteiger partial charge is 0.461 e. The number of carbonyl (C=O) groups is 4. The summed E-state index contributed by atoms with van der Waals surface area (Å²) in [5.41, 5.74) is 13.7. The summed E-state index contributed by atoms with van der Waals surface area (Å²) in [5, 5.41) is 7.88. The van der Waals surface area contributed by atoms with E-state index in [0.29, 0.717) is 17.8 Å². The third-order valence-electron chi connectivity index (χ3n) is 5.52. The fourth-order valence-corrected chi connectivity index (χ4v) is 5.15. The van der Waals surface area contributed by atoms with Crippen molar-refractivity contribution >= 4 is 68.4 Å². The summed E-state index contributed by atoms with van der Waals surface area (Å²) in [6.07, 6.45) is 0.514. The van der Waals surface area contributed by atoms with E-state index in [1.165, 1.54) is 0 Å². The van der Waals surface area contributed by atoms with Gasteiger partial charge in [-0.1, -0.05) is 33.2 Å². The number of carbonyl (C=O) groups excluding carboxylic acids is 4. The van der Waals surface area contributed by atoms with Crippen molar-refractivity contribution in [3.05, 3.63) is 71.0 Å². The van der Waals surface area contributed by atoms with Crippen LogP contribution >= 0.6 is 23.1 Å². The maximum absolute atomic E-state index is 12.3. The van der Waals surface area contributed by atoms with E-state index < -0.39 is 24.0 Å². The number of hydrogen-bond acceptors (Lipinski definition) is 12. The Balaban J connectivity index is 1.52.